The minimum Gasteiger partial charge on any atom is -0.494 e. The van der Waals surface area contributed by atoms with Crippen LogP contribution < -0.4 is 10.5 Å². The number of hydrogen-bond donors (Lipinski definition) is 1. The highest BCUT2D eigenvalue weighted by Crippen LogP contribution is 2.21. The Morgan fingerprint density at radius 2 is 2.00 bits per heavy atom. The van der Waals surface area contributed by atoms with Crippen LogP contribution in [-0.4, -0.2) is 27.8 Å². The third kappa shape index (κ3) is 4.66. The molecule has 0 radical (unpaired) electrons. The van der Waals surface area contributed by atoms with E-state index in [4.69, 9.17) is 10.5 Å². The van der Waals surface area contributed by atoms with Crippen molar-refractivity contribution in [1.29, 1.82) is 0 Å². The van der Waals surface area contributed by atoms with Gasteiger partial charge < -0.3 is 10.5 Å². The van der Waals surface area contributed by atoms with Gasteiger partial charge in [0, 0.05) is 6.26 Å². The lowest BCUT2D eigenvalue weighted by molar-refractivity contribution is 0.233. The lowest BCUT2D eigenvalue weighted by atomic mass is 9.90. The fourth-order valence-corrected chi connectivity index (χ4v) is 2.00. The molecular weight excluding hydrogens is 250 g/mol. The largest absolute Gasteiger partial charge is 0.494 e. The van der Waals surface area contributed by atoms with Gasteiger partial charge >= 0.3 is 0 Å². The Kier molecular flexibility index (Phi) is 4.76. The summed E-state index contributed by atoms with van der Waals surface area (Å²) in [6.45, 7) is 5.27. The van der Waals surface area contributed by atoms with Crippen LogP contribution in [0.4, 0.5) is 0 Å². The predicted octanol–water partition coefficient (Wildman–Crippen LogP) is 1.84. The highest BCUT2D eigenvalue weighted by atomic mass is 32.2. The van der Waals surface area contributed by atoms with Crippen molar-refractivity contribution in [2.75, 3.05) is 19.4 Å². The smallest absolute Gasteiger partial charge is 0.175 e. The van der Waals surface area contributed by atoms with E-state index in [-0.39, 0.29) is 10.3 Å². The summed E-state index contributed by atoms with van der Waals surface area (Å²) in [4.78, 5) is 0.276. The maximum atomic E-state index is 11.4. The quantitative estimate of drug-likeness (QED) is 0.857. The number of hydrogen-bond acceptors (Lipinski definition) is 4. The van der Waals surface area contributed by atoms with Crippen LogP contribution in [0.2, 0.25) is 0 Å². The summed E-state index contributed by atoms with van der Waals surface area (Å²) >= 11 is 0. The number of benzene rings is 1. The summed E-state index contributed by atoms with van der Waals surface area (Å²) in [6, 6.07) is 6.54. The van der Waals surface area contributed by atoms with Gasteiger partial charge in [0.2, 0.25) is 0 Å². The summed E-state index contributed by atoms with van der Waals surface area (Å²) in [5, 5.41) is 0. The summed E-state index contributed by atoms with van der Waals surface area (Å²) in [5.74, 6) is 0.575. The normalized spacial score (nSPS) is 12.4. The third-order valence-electron chi connectivity index (χ3n) is 2.83. The predicted molar refractivity (Wildman–Crippen MR) is 72.5 cm³/mol. The van der Waals surface area contributed by atoms with Gasteiger partial charge in [-0.05, 0) is 36.6 Å². The number of rotatable bonds is 6. The molecule has 102 valence electrons. The van der Waals surface area contributed by atoms with Gasteiger partial charge in [-0.25, -0.2) is 8.42 Å². The monoisotopic (exact) mass is 271 g/mol. The number of nitrogens with two attached hydrogens (primary N) is 1. The molecular formula is C13H21NO3S. The average molecular weight is 271 g/mol. The van der Waals surface area contributed by atoms with E-state index in [1.165, 1.54) is 6.26 Å². The van der Waals surface area contributed by atoms with Gasteiger partial charge in [-0.15, -0.1) is 0 Å². The van der Waals surface area contributed by atoms with Crippen LogP contribution in [0.1, 0.15) is 20.3 Å². The summed E-state index contributed by atoms with van der Waals surface area (Å²) in [5.41, 5.74) is 5.67. The molecule has 0 heterocycles. The first kappa shape index (κ1) is 15.0. The van der Waals surface area contributed by atoms with Gasteiger partial charge in [0.15, 0.2) is 9.84 Å². The molecule has 0 fully saturated rings. The number of ether oxygens (including phenoxy) is 1. The number of sulfone groups is 1. The molecule has 0 bridgehead atoms. The average Bonchev–Trinajstić information content (AvgIpc) is 2.28. The highest BCUT2D eigenvalue weighted by molar-refractivity contribution is 7.90. The van der Waals surface area contributed by atoms with E-state index >= 15 is 0 Å². The molecule has 4 nitrogen and oxygen atoms in total. The second-order valence-corrected chi connectivity index (χ2v) is 7.23. The van der Waals surface area contributed by atoms with E-state index in [1.54, 1.807) is 24.3 Å². The van der Waals surface area contributed by atoms with Crippen molar-refractivity contribution < 1.29 is 13.2 Å². The SMILES string of the molecule is CC(C)(CN)CCOc1cccc(S(C)(=O)=O)c1. The molecule has 0 unspecified atom stereocenters. The maximum absolute atomic E-state index is 11.4. The highest BCUT2D eigenvalue weighted by Gasteiger charge is 2.15. The van der Waals surface area contributed by atoms with E-state index in [0.717, 1.165) is 6.42 Å². The van der Waals surface area contributed by atoms with Crippen LogP contribution in [0, 0.1) is 5.41 Å². The Hall–Kier alpha value is -1.07. The molecule has 1 aromatic carbocycles. The first-order valence-electron chi connectivity index (χ1n) is 5.88. The minimum atomic E-state index is -3.18. The molecule has 0 atom stereocenters. The zero-order chi connectivity index (χ0) is 13.8. The molecule has 0 saturated heterocycles. The molecule has 1 aromatic rings. The van der Waals surface area contributed by atoms with Crippen LogP contribution in [0.3, 0.4) is 0 Å². The molecule has 1 rings (SSSR count). The standard InChI is InChI=1S/C13H21NO3S/c1-13(2,10-14)7-8-17-11-5-4-6-12(9-11)18(3,15)16/h4-6,9H,7-8,10,14H2,1-3H3. The fraction of sp³-hybridized carbons (Fsp3) is 0.538. The van der Waals surface area contributed by atoms with Gasteiger partial charge in [-0.3, -0.25) is 0 Å². The van der Waals surface area contributed by atoms with Crippen molar-refractivity contribution >= 4 is 9.84 Å². The molecule has 5 heteroatoms. The Morgan fingerprint density at radius 1 is 1.33 bits per heavy atom. The fourth-order valence-electron chi connectivity index (χ4n) is 1.34. The van der Waals surface area contributed by atoms with E-state index in [0.29, 0.717) is 18.9 Å². The molecule has 0 aliphatic heterocycles. The second kappa shape index (κ2) is 5.71. The minimum absolute atomic E-state index is 0.0362. The zero-order valence-corrected chi connectivity index (χ0v) is 12.0. The third-order valence-corrected chi connectivity index (χ3v) is 3.94. The molecule has 0 amide bonds. The Bertz CT molecular complexity index is 495. The molecule has 0 saturated carbocycles. The molecule has 18 heavy (non-hydrogen) atoms. The Labute approximate surface area is 109 Å². The van der Waals surface area contributed by atoms with Crippen molar-refractivity contribution in [3.8, 4) is 5.75 Å². The molecule has 0 aromatic heterocycles. The maximum Gasteiger partial charge on any atom is 0.175 e. The van der Waals surface area contributed by atoms with Crippen molar-refractivity contribution in [1.82, 2.24) is 0 Å². The Morgan fingerprint density at radius 3 is 2.56 bits per heavy atom. The van der Waals surface area contributed by atoms with Crippen molar-refractivity contribution in [3.63, 3.8) is 0 Å². The molecule has 0 spiro atoms. The first-order valence-corrected chi connectivity index (χ1v) is 7.77. The van der Waals surface area contributed by atoms with Crippen LogP contribution in [0.15, 0.2) is 29.2 Å². The van der Waals surface area contributed by atoms with Crippen molar-refractivity contribution in [2.24, 2.45) is 11.1 Å². The molecule has 0 aliphatic carbocycles. The van der Waals surface area contributed by atoms with Crippen LogP contribution in [0.5, 0.6) is 5.75 Å². The van der Waals surface area contributed by atoms with Gasteiger partial charge in [0.1, 0.15) is 5.75 Å². The van der Waals surface area contributed by atoms with Gasteiger partial charge in [0.05, 0.1) is 11.5 Å². The van der Waals surface area contributed by atoms with Gasteiger partial charge in [0.25, 0.3) is 0 Å². The molecule has 0 aliphatic rings. The molecule has 2 N–H and O–H groups in total. The van der Waals surface area contributed by atoms with Crippen LogP contribution in [-0.2, 0) is 9.84 Å². The zero-order valence-electron chi connectivity index (χ0n) is 11.1. The van der Waals surface area contributed by atoms with E-state index in [9.17, 15) is 8.42 Å². The lowest BCUT2D eigenvalue weighted by Crippen LogP contribution is -2.25. The first-order chi connectivity index (χ1) is 8.24. The summed E-state index contributed by atoms with van der Waals surface area (Å²) in [6.07, 6.45) is 2.01. The van der Waals surface area contributed by atoms with Crippen LogP contribution >= 0.6 is 0 Å². The topological polar surface area (TPSA) is 69.4 Å². The lowest BCUT2D eigenvalue weighted by Gasteiger charge is -2.22. The van der Waals surface area contributed by atoms with E-state index < -0.39 is 9.84 Å². The van der Waals surface area contributed by atoms with Crippen LogP contribution in [0.25, 0.3) is 0 Å². The van der Waals surface area contributed by atoms with E-state index in [1.807, 2.05) is 0 Å². The van der Waals surface area contributed by atoms with Gasteiger partial charge in [-0.1, -0.05) is 19.9 Å². The Balaban J connectivity index is 2.64. The van der Waals surface area contributed by atoms with Crippen molar-refractivity contribution in [3.05, 3.63) is 24.3 Å². The summed E-state index contributed by atoms with van der Waals surface area (Å²) in [7, 11) is -3.18. The van der Waals surface area contributed by atoms with Crippen molar-refractivity contribution in [2.45, 2.75) is 25.2 Å². The second-order valence-electron chi connectivity index (χ2n) is 5.21. The van der Waals surface area contributed by atoms with Gasteiger partial charge in [-0.2, -0.15) is 0 Å². The van der Waals surface area contributed by atoms with E-state index in [2.05, 4.69) is 13.8 Å². The summed E-state index contributed by atoms with van der Waals surface area (Å²) < 4.78 is 28.3.